The minimum Gasteiger partial charge on any atom is -0.313 e. The highest BCUT2D eigenvalue weighted by Crippen LogP contribution is 2.17. The quantitative estimate of drug-likeness (QED) is 0.736. The molecule has 2 N–H and O–H groups in total. The summed E-state index contributed by atoms with van der Waals surface area (Å²) < 4.78 is 40.8. The van der Waals surface area contributed by atoms with Crippen LogP contribution in [0.2, 0.25) is 0 Å². The molecule has 21 heavy (non-hydrogen) atoms. The molecule has 0 radical (unpaired) electrons. The topological polar surface area (TPSA) is 58.2 Å². The second-order valence-electron chi connectivity index (χ2n) is 5.08. The molecule has 0 spiro atoms. The minimum absolute atomic E-state index is 0.271. The first-order chi connectivity index (χ1) is 9.94. The van der Waals surface area contributed by atoms with Crippen molar-refractivity contribution in [3.05, 3.63) is 29.6 Å². The van der Waals surface area contributed by atoms with Crippen molar-refractivity contribution in [1.82, 2.24) is 10.0 Å². The molecular weight excluding hydrogens is 291 g/mol. The van der Waals surface area contributed by atoms with E-state index >= 15 is 0 Å². The predicted octanol–water partition coefficient (Wildman–Crippen LogP) is 2.65. The first-order valence-electron chi connectivity index (χ1n) is 7.43. The Kier molecular flexibility index (Phi) is 7.28. The number of rotatable bonds is 9. The highest BCUT2D eigenvalue weighted by atomic mass is 32.2. The van der Waals surface area contributed by atoms with Crippen molar-refractivity contribution in [2.75, 3.05) is 13.1 Å². The third-order valence-electron chi connectivity index (χ3n) is 3.58. The van der Waals surface area contributed by atoms with E-state index in [1.165, 1.54) is 12.1 Å². The first kappa shape index (κ1) is 18.1. The summed E-state index contributed by atoms with van der Waals surface area (Å²) in [7, 11) is -3.81. The Morgan fingerprint density at radius 2 is 1.86 bits per heavy atom. The molecule has 1 rings (SSSR count). The maximum atomic E-state index is 13.8. The zero-order valence-corrected chi connectivity index (χ0v) is 13.8. The fourth-order valence-corrected chi connectivity index (χ4v) is 3.26. The van der Waals surface area contributed by atoms with E-state index in [4.69, 9.17) is 0 Å². The van der Waals surface area contributed by atoms with Gasteiger partial charge in [-0.3, -0.25) is 0 Å². The summed E-state index contributed by atoms with van der Waals surface area (Å²) >= 11 is 0. The molecule has 0 amide bonds. The molecule has 0 heterocycles. The van der Waals surface area contributed by atoms with Crippen molar-refractivity contribution in [2.45, 2.75) is 45.1 Å². The highest BCUT2D eigenvalue weighted by Gasteiger charge is 2.20. The zero-order chi connectivity index (χ0) is 15.9. The van der Waals surface area contributed by atoms with Crippen molar-refractivity contribution in [1.29, 1.82) is 0 Å². The lowest BCUT2D eigenvalue weighted by molar-refractivity contribution is 0.477. The van der Waals surface area contributed by atoms with Gasteiger partial charge in [-0.15, -0.1) is 0 Å². The van der Waals surface area contributed by atoms with E-state index in [2.05, 4.69) is 10.0 Å². The molecule has 0 unspecified atom stereocenters. The van der Waals surface area contributed by atoms with Crippen LogP contribution in [0.4, 0.5) is 4.39 Å². The normalized spacial score (nSPS) is 12.0. The van der Waals surface area contributed by atoms with Crippen LogP contribution in [0.3, 0.4) is 0 Å². The molecule has 1 aromatic carbocycles. The molecule has 0 saturated heterocycles. The van der Waals surface area contributed by atoms with Crippen LogP contribution in [-0.4, -0.2) is 21.5 Å². The Hall–Kier alpha value is -0.980. The molecule has 0 aliphatic heterocycles. The Morgan fingerprint density at radius 3 is 2.43 bits per heavy atom. The van der Waals surface area contributed by atoms with E-state index in [0.717, 1.165) is 24.9 Å². The second kappa shape index (κ2) is 8.46. The van der Waals surface area contributed by atoms with E-state index in [-0.39, 0.29) is 10.8 Å². The van der Waals surface area contributed by atoms with E-state index in [1.807, 2.05) is 20.8 Å². The van der Waals surface area contributed by atoms with Crippen LogP contribution in [0.25, 0.3) is 0 Å². The monoisotopic (exact) mass is 316 g/mol. The summed E-state index contributed by atoms with van der Waals surface area (Å²) in [6.45, 7) is 7.61. The first-order valence-corrected chi connectivity index (χ1v) is 8.91. The second-order valence-corrected chi connectivity index (χ2v) is 6.81. The fraction of sp³-hybridized carbons (Fsp3) is 0.600. The number of sulfonamides is 1. The van der Waals surface area contributed by atoms with Gasteiger partial charge in [-0.05, 0) is 30.2 Å². The molecule has 0 fully saturated rings. The van der Waals surface area contributed by atoms with Gasteiger partial charge >= 0.3 is 0 Å². The Labute approximate surface area is 127 Å². The Balaban J connectivity index is 2.90. The molecule has 0 bridgehead atoms. The fourth-order valence-electron chi connectivity index (χ4n) is 2.02. The number of nitrogens with one attached hydrogen (secondary N) is 2. The van der Waals surface area contributed by atoms with Crippen molar-refractivity contribution < 1.29 is 12.8 Å². The van der Waals surface area contributed by atoms with Crippen LogP contribution in [0, 0.1) is 11.7 Å². The maximum Gasteiger partial charge on any atom is 0.243 e. The van der Waals surface area contributed by atoms with E-state index in [0.29, 0.717) is 13.1 Å². The lowest BCUT2D eigenvalue weighted by atomic mass is 10.0. The van der Waals surface area contributed by atoms with Gasteiger partial charge < -0.3 is 5.32 Å². The molecule has 6 heteroatoms. The van der Waals surface area contributed by atoms with Crippen molar-refractivity contribution >= 4 is 10.0 Å². The molecule has 120 valence electrons. The number of hydrogen-bond acceptors (Lipinski definition) is 3. The van der Waals surface area contributed by atoms with Crippen LogP contribution < -0.4 is 10.0 Å². The van der Waals surface area contributed by atoms with Crippen LogP contribution in [-0.2, 0) is 16.6 Å². The number of hydrogen-bond donors (Lipinski definition) is 2. The van der Waals surface area contributed by atoms with Crippen molar-refractivity contribution in [2.24, 2.45) is 5.92 Å². The third-order valence-corrected chi connectivity index (χ3v) is 5.02. The van der Waals surface area contributed by atoms with Gasteiger partial charge in [0.15, 0.2) is 0 Å². The number of halogens is 1. The van der Waals surface area contributed by atoms with Gasteiger partial charge in [-0.1, -0.05) is 39.7 Å². The standard InChI is InChI=1S/C15H25FN2O2S/c1-4-12(5-2)11-18-21(19,20)15-9-13(10-17-6-3)7-8-14(15)16/h7-9,12,17-18H,4-6,10-11H2,1-3H3. The van der Waals surface area contributed by atoms with Crippen LogP contribution in [0.1, 0.15) is 39.2 Å². The summed E-state index contributed by atoms with van der Waals surface area (Å²) in [5.74, 6) is -0.444. The van der Waals surface area contributed by atoms with Crippen molar-refractivity contribution in [3.8, 4) is 0 Å². The van der Waals surface area contributed by atoms with E-state index in [1.54, 1.807) is 6.07 Å². The molecule has 0 saturated carbocycles. The average Bonchev–Trinajstić information content (AvgIpc) is 2.47. The van der Waals surface area contributed by atoms with Crippen LogP contribution in [0.5, 0.6) is 0 Å². The Morgan fingerprint density at radius 1 is 1.19 bits per heavy atom. The minimum atomic E-state index is -3.81. The van der Waals surface area contributed by atoms with E-state index < -0.39 is 15.8 Å². The van der Waals surface area contributed by atoms with Gasteiger partial charge in [0.2, 0.25) is 10.0 Å². The molecular formula is C15H25FN2O2S. The maximum absolute atomic E-state index is 13.8. The molecule has 0 aliphatic carbocycles. The van der Waals surface area contributed by atoms with Gasteiger partial charge in [-0.25, -0.2) is 17.5 Å². The lowest BCUT2D eigenvalue weighted by Gasteiger charge is -2.14. The SMILES string of the molecule is CCNCc1ccc(F)c(S(=O)(=O)NCC(CC)CC)c1. The molecule has 0 aliphatic rings. The molecule has 4 nitrogen and oxygen atoms in total. The Bertz CT molecular complexity index is 543. The van der Waals surface area contributed by atoms with Gasteiger partial charge in [0.25, 0.3) is 0 Å². The van der Waals surface area contributed by atoms with Crippen molar-refractivity contribution in [3.63, 3.8) is 0 Å². The third kappa shape index (κ3) is 5.37. The largest absolute Gasteiger partial charge is 0.313 e. The van der Waals surface area contributed by atoms with Crippen LogP contribution >= 0.6 is 0 Å². The van der Waals surface area contributed by atoms with Gasteiger partial charge in [0, 0.05) is 13.1 Å². The highest BCUT2D eigenvalue weighted by molar-refractivity contribution is 7.89. The zero-order valence-electron chi connectivity index (χ0n) is 12.9. The van der Waals surface area contributed by atoms with Gasteiger partial charge in [-0.2, -0.15) is 0 Å². The molecule has 0 atom stereocenters. The summed E-state index contributed by atoms with van der Waals surface area (Å²) in [6, 6.07) is 4.20. The lowest BCUT2D eigenvalue weighted by Crippen LogP contribution is -2.30. The van der Waals surface area contributed by atoms with E-state index in [9.17, 15) is 12.8 Å². The summed E-state index contributed by atoms with van der Waals surface area (Å²) in [6.07, 6.45) is 1.78. The summed E-state index contributed by atoms with van der Waals surface area (Å²) in [4.78, 5) is -0.274. The summed E-state index contributed by atoms with van der Waals surface area (Å²) in [5, 5.41) is 3.09. The van der Waals surface area contributed by atoms with Gasteiger partial charge in [0.1, 0.15) is 10.7 Å². The van der Waals surface area contributed by atoms with Gasteiger partial charge in [0.05, 0.1) is 0 Å². The predicted molar refractivity (Wildman–Crippen MR) is 83.0 cm³/mol. The van der Waals surface area contributed by atoms with Crippen LogP contribution in [0.15, 0.2) is 23.1 Å². The summed E-state index contributed by atoms with van der Waals surface area (Å²) in [5.41, 5.74) is 0.751. The molecule has 0 aromatic heterocycles. The number of benzene rings is 1. The molecule has 1 aromatic rings. The average molecular weight is 316 g/mol. The smallest absolute Gasteiger partial charge is 0.243 e.